The Kier molecular flexibility index (Phi) is 3.51. The number of ether oxygens (including phenoxy) is 1. The predicted octanol–water partition coefficient (Wildman–Crippen LogP) is 3.98. The molecule has 2 aliphatic heterocycles. The molecule has 0 radical (unpaired) electrons. The van der Waals surface area contributed by atoms with Crippen LogP contribution in [0.2, 0.25) is 0 Å². The number of carbonyl (C=O) groups excluding carboxylic acids is 1. The van der Waals surface area contributed by atoms with Crippen molar-refractivity contribution in [3.63, 3.8) is 0 Å². The number of rotatable bonds is 3. The van der Waals surface area contributed by atoms with Gasteiger partial charge >= 0.3 is 0 Å². The van der Waals surface area contributed by atoms with Crippen molar-refractivity contribution in [2.45, 2.75) is 24.7 Å². The molecule has 0 saturated carbocycles. The lowest BCUT2D eigenvalue weighted by atomic mass is 10.0. The maximum absolute atomic E-state index is 11.3. The fourth-order valence-corrected chi connectivity index (χ4v) is 3.85. The fraction of sp³-hybridized carbons (Fsp3) is 0.278. The van der Waals surface area contributed by atoms with Gasteiger partial charge in [0.15, 0.2) is 6.29 Å². The Morgan fingerprint density at radius 2 is 1.91 bits per heavy atom. The minimum Gasteiger partial charge on any atom is -0.366 e. The molecule has 2 aromatic rings. The molecule has 0 aromatic heterocycles. The highest BCUT2D eigenvalue weighted by Crippen LogP contribution is 2.44. The van der Waals surface area contributed by atoms with Crippen molar-refractivity contribution in [1.29, 1.82) is 0 Å². The summed E-state index contributed by atoms with van der Waals surface area (Å²) in [5, 5.41) is 0. The Morgan fingerprint density at radius 3 is 2.64 bits per heavy atom. The van der Waals surface area contributed by atoms with Crippen LogP contribution in [0.5, 0.6) is 0 Å². The zero-order chi connectivity index (χ0) is 15.1. The van der Waals surface area contributed by atoms with Crippen molar-refractivity contribution < 1.29 is 9.53 Å². The van der Waals surface area contributed by atoms with Crippen LogP contribution in [0, 0.1) is 0 Å². The van der Waals surface area contributed by atoms with Crippen molar-refractivity contribution in [2.75, 3.05) is 11.4 Å². The third-order valence-corrected chi connectivity index (χ3v) is 5.09. The SMILES string of the molecule is O=Cc1ccccc1N1C[C@H]2C[C@@H]1[C@H](c1ccc(Br)cc1)O2. The largest absolute Gasteiger partial charge is 0.366 e. The third-order valence-electron chi connectivity index (χ3n) is 4.57. The number of hydrogen-bond acceptors (Lipinski definition) is 3. The average Bonchev–Trinajstić information content (AvgIpc) is 3.16. The Hall–Kier alpha value is -1.65. The topological polar surface area (TPSA) is 29.5 Å². The first-order valence-electron chi connectivity index (χ1n) is 7.48. The van der Waals surface area contributed by atoms with Gasteiger partial charge < -0.3 is 9.64 Å². The van der Waals surface area contributed by atoms with Gasteiger partial charge in [-0.15, -0.1) is 0 Å². The first-order valence-corrected chi connectivity index (χ1v) is 8.27. The number of hydrogen-bond donors (Lipinski definition) is 0. The van der Waals surface area contributed by atoms with Gasteiger partial charge in [-0.25, -0.2) is 0 Å². The van der Waals surface area contributed by atoms with Gasteiger partial charge in [-0.05, 0) is 36.2 Å². The van der Waals surface area contributed by atoms with E-state index in [0.29, 0.717) is 6.04 Å². The van der Waals surface area contributed by atoms with E-state index in [1.54, 1.807) is 0 Å². The average molecular weight is 358 g/mol. The standard InChI is InChI=1S/C18H16BrNO2/c19-14-7-5-12(6-8-14)18-17-9-15(22-18)10-20(17)16-4-2-1-3-13(16)11-21/h1-8,11,15,17-18H,9-10H2/t15-,17-,18+/m1/s1. The Bertz CT molecular complexity index is 700. The molecule has 2 bridgehead atoms. The Balaban J connectivity index is 1.67. The van der Waals surface area contributed by atoms with E-state index in [-0.39, 0.29) is 12.2 Å². The molecule has 0 N–H and O–H groups in total. The third kappa shape index (κ3) is 2.27. The summed E-state index contributed by atoms with van der Waals surface area (Å²) in [6.07, 6.45) is 2.29. The molecule has 2 saturated heterocycles. The number of anilines is 1. The number of halogens is 1. The van der Waals surface area contributed by atoms with Crippen molar-refractivity contribution >= 4 is 27.9 Å². The molecular weight excluding hydrogens is 342 g/mol. The minimum atomic E-state index is 0.0755. The molecule has 4 heteroatoms. The van der Waals surface area contributed by atoms with Crippen LogP contribution >= 0.6 is 15.9 Å². The van der Waals surface area contributed by atoms with Gasteiger partial charge in [0.05, 0.1) is 12.1 Å². The van der Waals surface area contributed by atoms with E-state index >= 15 is 0 Å². The van der Waals surface area contributed by atoms with Crippen molar-refractivity contribution in [3.05, 3.63) is 64.1 Å². The quantitative estimate of drug-likeness (QED) is 0.778. The number of benzene rings is 2. The second kappa shape index (κ2) is 5.52. The molecule has 22 heavy (non-hydrogen) atoms. The molecule has 2 aliphatic rings. The number of para-hydroxylation sites is 1. The molecule has 0 aliphatic carbocycles. The van der Waals surface area contributed by atoms with Gasteiger partial charge in [0, 0.05) is 22.3 Å². The molecule has 2 fully saturated rings. The summed E-state index contributed by atoms with van der Waals surface area (Å²) < 4.78 is 7.24. The van der Waals surface area contributed by atoms with Crippen LogP contribution in [0.3, 0.4) is 0 Å². The molecule has 2 aromatic carbocycles. The molecule has 0 spiro atoms. The highest BCUT2D eigenvalue weighted by atomic mass is 79.9. The zero-order valence-corrected chi connectivity index (χ0v) is 13.6. The lowest BCUT2D eigenvalue weighted by molar-refractivity contribution is 0.0261. The number of morpholine rings is 1. The van der Waals surface area contributed by atoms with Gasteiger partial charge in [-0.3, -0.25) is 4.79 Å². The molecule has 0 amide bonds. The van der Waals surface area contributed by atoms with Crippen LogP contribution in [-0.4, -0.2) is 25.0 Å². The van der Waals surface area contributed by atoms with Crippen LogP contribution in [0.4, 0.5) is 5.69 Å². The minimum absolute atomic E-state index is 0.0755. The number of nitrogens with zero attached hydrogens (tertiary/aromatic N) is 1. The summed E-state index contributed by atoms with van der Waals surface area (Å²) in [4.78, 5) is 13.7. The second-order valence-corrected chi connectivity index (χ2v) is 6.78. The summed E-state index contributed by atoms with van der Waals surface area (Å²) in [5.41, 5.74) is 2.98. The van der Waals surface area contributed by atoms with Crippen LogP contribution < -0.4 is 4.90 Å². The molecule has 3 nitrogen and oxygen atoms in total. The van der Waals surface area contributed by atoms with Crippen molar-refractivity contribution in [1.82, 2.24) is 0 Å². The van der Waals surface area contributed by atoms with Crippen LogP contribution in [-0.2, 0) is 4.74 Å². The van der Waals surface area contributed by atoms with Gasteiger partial charge in [-0.1, -0.05) is 40.2 Å². The lowest BCUT2D eigenvalue weighted by Gasteiger charge is -2.35. The maximum Gasteiger partial charge on any atom is 0.152 e. The Labute approximate surface area is 138 Å². The summed E-state index contributed by atoms with van der Waals surface area (Å²) in [6, 6.07) is 16.4. The van der Waals surface area contributed by atoms with Gasteiger partial charge in [0.2, 0.25) is 0 Å². The van der Waals surface area contributed by atoms with Gasteiger partial charge in [0.1, 0.15) is 6.10 Å². The zero-order valence-electron chi connectivity index (χ0n) is 12.0. The molecule has 112 valence electrons. The number of aldehydes is 1. The summed E-state index contributed by atoms with van der Waals surface area (Å²) in [6.45, 7) is 0.864. The first-order chi connectivity index (χ1) is 10.8. The normalized spacial score (nSPS) is 26.4. The second-order valence-electron chi connectivity index (χ2n) is 5.86. The Morgan fingerprint density at radius 1 is 1.14 bits per heavy atom. The van der Waals surface area contributed by atoms with Crippen LogP contribution in [0.1, 0.15) is 28.4 Å². The highest BCUT2D eigenvalue weighted by Gasteiger charge is 2.47. The lowest BCUT2D eigenvalue weighted by Crippen LogP contribution is -2.39. The summed E-state index contributed by atoms with van der Waals surface area (Å²) >= 11 is 3.47. The van der Waals surface area contributed by atoms with E-state index in [2.05, 4.69) is 33.0 Å². The van der Waals surface area contributed by atoms with Crippen molar-refractivity contribution in [3.8, 4) is 0 Å². The summed E-state index contributed by atoms with van der Waals surface area (Å²) in [5.74, 6) is 0. The van der Waals surface area contributed by atoms with E-state index in [0.717, 1.165) is 35.0 Å². The van der Waals surface area contributed by atoms with E-state index in [1.807, 2.05) is 36.4 Å². The maximum atomic E-state index is 11.3. The first kappa shape index (κ1) is 14.0. The molecule has 2 heterocycles. The van der Waals surface area contributed by atoms with E-state index in [9.17, 15) is 4.79 Å². The number of fused-ring (bicyclic) bond motifs is 2. The highest BCUT2D eigenvalue weighted by molar-refractivity contribution is 9.10. The van der Waals surface area contributed by atoms with Gasteiger partial charge in [0.25, 0.3) is 0 Å². The van der Waals surface area contributed by atoms with Gasteiger partial charge in [-0.2, -0.15) is 0 Å². The van der Waals surface area contributed by atoms with Crippen LogP contribution in [0.15, 0.2) is 53.0 Å². The van der Waals surface area contributed by atoms with E-state index < -0.39 is 0 Å². The molecule has 3 atom stereocenters. The smallest absolute Gasteiger partial charge is 0.152 e. The fourth-order valence-electron chi connectivity index (χ4n) is 3.59. The van der Waals surface area contributed by atoms with Crippen LogP contribution in [0.25, 0.3) is 0 Å². The summed E-state index contributed by atoms with van der Waals surface area (Å²) in [7, 11) is 0. The predicted molar refractivity (Wildman–Crippen MR) is 89.3 cm³/mol. The monoisotopic (exact) mass is 357 g/mol. The van der Waals surface area contributed by atoms with Crippen molar-refractivity contribution in [2.24, 2.45) is 0 Å². The number of carbonyl (C=O) groups is 1. The van der Waals surface area contributed by atoms with E-state index in [4.69, 9.17) is 4.74 Å². The van der Waals surface area contributed by atoms with E-state index in [1.165, 1.54) is 5.56 Å². The molecular formula is C18H16BrNO2. The molecule has 0 unspecified atom stereocenters. The molecule has 4 rings (SSSR count).